The Kier molecular flexibility index (Phi) is 8.45. The zero-order chi connectivity index (χ0) is 39.1. The number of rotatable bonds is 7. The van der Waals surface area contributed by atoms with Crippen LogP contribution in [-0.2, 0) is 0 Å². The number of para-hydroxylation sites is 1. The summed E-state index contributed by atoms with van der Waals surface area (Å²) < 4.78 is 6.73. The van der Waals surface area contributed by atoms with Crippen molar-refractivity contribution in [3.05, 3.63) is 212 Å². The van der Waals surface area contributed by atoms with Gasteiger partial charge in [0.05, 0.1) is 0 Å². The van der Waals surface area contributed by atoms with E-state index in [0.717, 1.165) is 72.0 Å². The topological polar surface area (TPSA) is 51.8 Å². The van der Waals surface area contributed by atoms with Gasteiger partial charge in [-0.2, -0.15) is 0 Å². The Bertz CT molecular complexity index is 3290. The fourth-order valence-electron chi connectivity index (χ4n) is 8.23. The zero-order valence-electron chi connectivity index (χ0n) is 32.0. The van der Waals surface area contributed by atoms with Crippen molar-refractivity contribution in [2.75, 3.05) is 0 Å². The fourth-order valence-corrected chi connectivity index (χ4v) is 8.23. The molecule has 59 heavy (non-hydrogen) atoms. The Morgan fingerprint density at radius 1 is 0.288 bits per heavy atom. The molecule has 0 aliphatic heterocycles. The van der Waals surface area contributed by atoms with Crippen LogP contribution in [0.3, 0.4) is 0 Å². The van der Waals surface area contributed by atoms with Gasteiger partial charge in [-0.25, -0.2) is 15.0 Å². The van der Waals surface area contributed by atoms with Gasteiger partial charge in [-0.3, -0.25) is 0 Å². The van der Waals surface area contributed by atoms with Crippen LogP contribution in [0.1, 0.15) is 0 Å². The van der Waals surface area contributed by atoms with Gasteiger partial charge in [-0.1, -0.05) is 200 Å². The lowest BCUT2D eigenvalue weighted by Crippen LogP contribution is -2.00. The first kappa shape index (κ1) is 34.3. The number of fused-ring (bicyclic) bond motifs is 4. The molecule has 0 atom stereocenters. The number of aromatic nitrogens is 3. The number of nitrogens with zero attached hydrogens (tertiary/aromatic N) is 3. The summed E-state index contributed by atoms with van der Waals surface area (Å²) >= 11 is 0. The first-order valence-electron chi connectivity index (χ1n) is 19.8. The molecule has 9 aromatic carbocycles. The van der Waals surface area contributed by atoms with Crippen LogP contribution in [0, 0.1) is 0 Å². The molecule has 2 heterocycles. The molecule has 0 spiro atoms. The molecule has 11 rings (SSSR count). The second-order valence-corrected chi connectivity index (χ2v) is 14.8. The number of benzene rings is 9. The van der Waals surface area contributed by atoms with Crippen LogP contribution >= 0.6 is 0 Å². The summed E-state index contributed by atoms with van der Waals surface area (Å²) in [5.74, 6) is 1.78. The maximum atomic E-state index is 6.73. The lowest BCUT2D eigenvalue weighted by atomic mass is 9.97. The summed E-state index contributed by atoms with van der Waals surface area (Å²) in [6, 6.07) is 74.0. The van der Waals surface area contributed by atoms with E-state index in [-0.39, 0.29) is 0 Å². The SMILES string of the molecule is c1ccc(-c2ccc(-c3nc(-c4cccc(-c5cccc6ccccc56)c4)nc(-c4cccc5oc6c(-c7ccc(-c8ccccc8)cc7)cccc6c45)n3)cc2)cc1. The van der Waals surface area contributed by atoms with Crippen molar-refractivity contribution in [2.24, 2.45) is 0 Å². The Labute approximate surface area is 341 Å². The molecule has 0 N–H and O–H groups in total. The van der Waals surface area contributed by atoms with Gasteiger partial charge < -0.3 is 4.42 Å². The summed E-state index contributed by atoms with van der Waals surface area (Å²) in [7, 11) is 0. The van der Waals surface area contributed by atoms with Gasteiger partial charge in [0.25, 0.3) is 0 Å². The van der Waals surface area contributed by atoms with Gasteiger partial charge in [-0.05, 0) is 61.8 Å². The minimum atomic E-state index is 0.582. The van der Waals surface area contributed by atoms with E-state index >= 15 is 0 Å². The quantitative estimate of drug-likeness (QED) is 0.163. The molecule has 0 radical (unpaired) electrons. The summed E-state index contributed by atoms with van der Waals surface area (Å²) in [6.45, 7) is 0. The second-order valence-electron chi connectivity index (χ2n) is 14.8. The molecule has 0 bridgehead atoms. The Balaban J connectivity index is 1.07. The standard InChI is InChI=1S/C55H35N3O/c1-3-13-36(14-4-1)38-27-31-41(32-28-38)47-23-11-24-48-51-49(25-12-26-50(51)59-52(47)48)55-57-53(42-33-29-39(30-34-42)37-15-5-2-6-16-37)56-54(58-55)44-20-9-19-43(35-44)46-22-10-18-40-17-7-8-21-45(40)46/h1-35H. The highest BCUT2D eigenvalue weighted by Gasteiger charge is 2.20. The lowest BCUT2D eigenvalue weighted by molar-refractivity contribution is 0.670. The third-order valence-corrected chi connectivity index (χ3v) is 11.2. The predicted molar refractivity (Wildman–Crippen MR) is 243 cm³/mol. The van der Waals surface area contributed by atoms with Crippen molar-refractivity contribution in [3.8, 4) is 78.7 Å². The van der Waals surface area contributed by atoms with Gasteiger partial charge >= 0.3 is 0 Å². The van der Waals surface area contributed by atoms with Crippen molar-refractivity contribution < 1.29 is 4.42 Å². The highest BCUT2D eigenvalue weighted by atomic mass is 16.3. The molecule has 0 aliphatic rings. The van der Waals surface area contributed by atoms with Crippen LogP contribution in [-0.4, -0.2) is 15.0 Å². The number of hydrogen-bond donors (Lipinski definition) is 0. The third kappa shape index (κ3) is 6.34. The number of hydrogen-bond acceptors (Lipinski definition) is 4. The van der Waals surface area contributed by atoms with E-state index in [1.54, 1.807) is 0 Å². The molecule has 0 amide bonds. The first-order chi connectivity index (χ1) is 29.2. The van der Waals surface area contributed by atoms with Crippen molar-refractivity contribution >= 4 is 32.7 Å². The minimum absolute atomic E-state index is 0.582. The fraction of sp³-hybridized carbons (Fsp3) is 0. The van der Waals surface area contributed by atoms with E-state index in [2.05, 4.69) is 188 Å². The zero-order valence-corrected chi connectivity index (χ0v) is 32.0. The highest BCUT2D eigenvalue weighted by Crippen LogP contribution is 2.41. The summed E-state index contributed by atoms with van der Waals surface area (Å²) in [4.78, 5) is 15.6. The summed E-state index contributed by atoms with van der Waals surface area (Å²) in [5, 5.41) is 4.38. The van der Waals surface area contributed by atoms with Gasteiger partial charge in [0.1, 0.15) is 11.2 Å². The molecular weight excluding hydrogens is 719 g/mol. The Morgan fingerprint density at radius 2 is 0.763 bits per heavy atom. The van der Waals surface area contributed by atoms with Crippen LogP contribution < -0.4 is 0 Å². The van der Waals surface area contributed by atoms with E-state index in [0.29, 0.717) is 17.5 Å². The molecule has 276 valence electrons. The van der Waals surface area contributed by atoms with Gasteiger partial charge in [-0.15, -0.1) is 0 Å². The largest absolute Gasteiger partial charge is 0.455 e. The second kappa shape index (κ2) is 14.5. The Hall–Kier alpha value is -7.95. The maximum absolute atomic E-state index is 6.73. The molecule has 0 aliphatic carbocycles. The molecular formula is C55H35N3O. The maximum Gasteiger partial charge on any atom is 0.164 e. The van der Waals surface area contributed by atoms with Crippen LogP contribution in [0.25, 0.3) is 111 Å². The number of furan rings is 1. The summed E-state index contributed by atoms with van der Waals surface area (Å²) in [6.07, 6.45) is 0. The van der Waals surface area contributed by atoms with Crippen LogP contribution in [0.4, 0.5) is 0 Å². The van der Waals surface area contributed by atoms with Crippen molar-refractivity contribution in [3.63, 3.8) is 0 Å². The molecule has 0 saturated heterocycles. The van der Waals surface area contributed by atoms with E-state index in [1.807, 2.05) is 24.3 Å². The molecule has 0 unspecified atom stereocenters. The van der Waals surface area contributed by atoms with Gasteiger partial charge in [0, 0.05) is 33.0 Å². The monoisotopic (exact) mass is 753 g/mol. The van der Waals surface area contributed by atoms with Crippen LogP contribution in [0.2, 0.25) is 0 Å². The highest BCUT2D eigenvalue weighted by molar-refractivity contribution is 6.15. The molecule has 0 fully saturated rings. The van der Waals surface area contributed by atoms with Crippen molar-refractivity contribution in [2.45, 2.75) is 0 Å². The smallest absolute Gasteiger partial charge is 0.164 e. The molecule has 2 aromatic heterocycles. The first-order valence-corrected chi connectivity index (χ1v) is 19.8. The van der Waals surface area contributed by atoms with Crippen molar-refractivity contribution in [1.82, 2.24) is 15.0 Å². The third-order valence-electron chi connectivity index (χ3n) is 11.2. The van der Waals surface area contributed by atoms with Crippen molar-refractivity contribution in [1.29, 1.82) is 0 Å². The van der Waals surface area contributed by atoms with Gasteiger partial charge in [0.2, 0.25) is 0 Å². The molecule has 4 heteroatoms. The van der Waals surface area contributed by atoms with Crippen LogP contribution in [0.5, 0.6) is 0 Å². The minimum Gasteiger partial charge on any atom is -0.455 e. The van der Waals surface area contributed by atoms with Crippen LogP contribution in [0.15, 0.2) is 217 Å². The van der Waals surface area contributed by atoms with Gasteiger partial charge in [0.15, 0.2) is 17.5 Å². The molecule has 0 saturated carbocycles. The van der Waals surface area contributed by atoms with E-state index in [4.69, 9.17) is 19.4 Å². The predicted octanol–water partition coefficient (Wildman–Crippen LogP) is 14.6. The average molecular weight is 754 g/mol. The van der Waals surface area contributed by atoms with E-state index < -0.39 is 0 Å². The normalized spacial score (nSPS) is 11.4. The average Bonchev–Trinajstić information content (AvgIpc) is 3.71. The lowest BCUT2D eigenvalue weighted by Gasteiger charge is -2.11. The summed E-state index contributed by atoms with van der Waals surface area (Å²) in [5.41, 5.74) is 13.3. The molecule has 11 aromatic rings. The Morgan fingerprint density at radius 3 is 1.51 bits per heavy atom. The van der Waals surface area contributed by atoms with E-state index in [9.17, 15) is 0 Å². The van der Waals surface area contributed by atoms with E-state index in [1.165, 1.54) is 21.9 Å². The molecule has 4 nitrogen and oxygen atoms in total.